The monoisotopic (exact) mass is 774 g/mol. The Hall–Kier alpha value is -7.44. The van der Waals surface area contributed by atoms with E-state index in [1.807, 2.05) is 54.6 Å². The first-order valence-corrected chi connectivity index (χ1v) is 20.4. The first-order valence-electron chi connectivity index (χ1n) is 20.4. The van der Waals surface area contributed by atoms with Gasteiger partial charge in [-0.1, -0.05) is 91.0 Å². The molecule has 0 bridgehead atoms. The number of aryl methyl sites for hydroxylation is 6. The van der Waals surface area contributed by atoms with Gasteiger partial charge in [0.05, 0.1) is 67.3 Å². The van der Waals surface area contributed by atoms with E-state index in [4.69, 9.17) is 29.9 Å². The van der Waals surface area contributed by atoms with E-state index in [1.165, 1.54) is 33.4 Å². The van der Waals surface area contributed by atoms with Gasteiger partial charge in [0.25, 0.3) is 0 Å². The molecule has 0 amide bonds. The molecule has 3 heterocycles. The zero-order valence-electron chi connectivity index (χ0n) is 34.5. The fourth-order valence-corrected chi connectivity index (χ4v) is 7.97. The minimum Gasteiger partial charge on any atom is -0.244 e. The van der Waals surface area contributed by atoms with Gasteiger partial charge < -0.3 is 0 Å². The van der Waals surface area contributed by atoms with Crippen molar-refractivity contribution in [2.24, 2.45) is 0 Å². The van der Waals surface area contributed by atoms with Crippen LogP contribution >= 0.6 is 0 Å². The third kappa shape index (κ3) is 6.66. The highest BCUT2D eigenvalue weighted by Crippen LogP contribution is 2.41. The van der Waals surface area contributed by atoms with Gasteiger partial charge in [-0.05, 0) is 130 Å². The second kappa shape index (κ2) is 14.7. The molecule has 7 aromatic carbocycles. The van der Waals surface area contributed by atoms with Gasteiger partial charge in [-0.2, -0.15) is 0 Å². The maximum atomic E-state index is 5.46. The van der Waals surface area contributed by atoms with Crippen molar-refractivity contribution < 1.29 is 0 Å². The van der Waals surface area contributed by atoms with E-state index < -0.39 is 0 Å². The minimum atomic E-state index is 0.767. The summed E-state index contributed by atoms with van der Waals surface area (Å²) < 4.78 is 0. The van der Waals surface area contributed by atoms with Crippen LogP contribution in [-0.2, 0) is 0 Å². The fourth-order valence-electron chi connectivity index (χ4n) is 7.97. The van der Waals surface area contributed by atoms with E-state index in [0.29, 0.717) is 0 Å². The van der Waals surface area contributed by atoms with Crippen molar-refractivity contribution in [1.29, 1.82) is 0 Å². The van der Waals surface area contributed by atoms with E-state index in [2.05, 4.69) is 133 Å². The molecular formula is C54H42N6. The molecule has 3 aromatic heterocycles. The van der Waals surface area contributed by atoms with Crippen LogP contribution < -0.4 is 0 Å². The Morgan fingerprint density at radius 2 is 0.400 bits per heavy atom. The molecule has 10 rings (SSSR count). The van der Waals surface area contributed by atoms with Gasteiger partial charge in [0.15, 0.2) is 0 Å². The molecule has 60 heavy (non-hydrogen) atoms. The van der Waals surface area contributed by atoms with Crippen LogP contribution in [0.5, 0.6) is 0 Å². The zero-order chi connectivity index (χ0) is 41.1. The number of benzene rings is 7. The Morgan fingerprint density at radius 1 is 0.217 bits per heavy atom. The Kier molecular flexibility index (Phi) is 9.06. The summed E-state index contributed by atoms with van der Waals surface area (Å²) >= 11 is 0. The van der Waals surface area contributed by atoms with Crippen LogP contribution in [0.15, 0.2) is 146 Å². The van der Waals surface area contributed by atoms with Crippen molar-refractivity contribution in [3.05, 3.63) is 179 Å². The van der Waals surface area contributed by atoms with Crippen molar-refractivity contribution in [1.82, 2.24) is 29.9 Å². The molecule has 0 saturated carbocycles. The van der Waals surface area contributed by atoms with E-state index in [-0.39, 0.29) is 0 Å². The minimum absolute atomic E-state index is 0.767. The molecule has 0 unspecified atom stereocenters. The molecule has 0 atom stereocenters. The molecule has 0 radical (unpaired) electrons. The quantitative estimate of drug-likeness (QED) is 0.167. The number of aromatic nitrogens is 6. The van der Waals surface area contributed by atoms with Gasteiger partial charge in [-0.3, -0.25) is 0 Å². The van der Waals surface area contributed by atoms with Crippen molar-refractivity contribution in [2.45, 2.75) is 41.5 Å². The fraction of sp³-hybridized carbons (Fsp3) is 0.111. The van der Waals surface area contributed by atoms with Gasteiger partial charge in [-0.25, -0.2) is 29.9 Å². The van der Waals surface area contributed by atoms with Crippen molar-refractivity contribution in [3.8, 4) is 67.5 Å². The number of hydrogen-bond donors (Lipinski definition) is 0. The Morgan fingerprint density at radius 3 is 0.600 bits per heavy atom. The topological polar surface area (TPSA) is 77.3 Å². The normalized spacial score (nSPS) is 11.5. The lowest BCUT2D eigenvalue weighted by Crippen LogP contribution is -2.01. The maximum Gasteiger partial charge on any atom is 0.0973 e. The second-order valence-corrected chi connectivity index (χ2v) is 15.9. The zero-order valence-corrected chi connectivity index (χ0v) is 34.5. The summed E-state index contributed by atoms with van der Waals surface area (Å²) in [4.78, 5) is 32.5. The van der Waals surface area contributed by atoms with Crippen LogP contribution in [0.25, 0.3) is 101 Å². The van der Waals surface area contributed by atoms with E-state index in [0.717, 1.165) is 101 Å². The average Bonchev–Trinajstić information content (AvgIpc) is 3.27. The standard InChI is InChI=1S/C54H42N6/c1-31-22-43-46(25-34(31)4)58-52(49(55-43)37-16-10-7-11-17-37)40-28-41(53-50(38-18-12-8-13-19-38)56-44-23-32(2)35(5)26-47(44)59-53)30-42(29-40)54-51(39-20-14-9-15-21-39)57-45-24-33(3)36(6)27-48(45)60-54/h7-30H,1-6H3. The SMILES string of the molecule is Cc1cc2nc(-c3ccccc3)c(-c3cc(-c4nc5cc(C)c(C)cc5nc4-c4ccccc4)cc(-c4nc5cc(C)c(C)cc5nc4-c4ccccc4)c3)nc2cc1C. The van der Waals surface area contributed by atoms with Gasteiger partial charge in [0.2, 0.25) is 0 Å². The van der Waals surface area contributed by atoms with Gasteiger partial charge >= 0.3 is 0 Å². The predicted octanol–water partition coefficient (Wildman–Crippen LogP) is 13.4. The summed E-state index contributed by atoms with van der Waals surface area (Å²) in [5, 5.41) is 0. The highest BCUT2D eigenvalue weighted by atomic mass is 14.9. The van der Waals surface area contributed by atoms with Crippen molar-refractivity contribution in [2.75, 3.05) is 0 Å². The molecular weight excluding hydrogens is 733 g/mol. The van der Waals surface area contributed by atoms with Crippen LogP contribution in [-0.4, -0.2) is 29.9 Å². The Balaban J connectivity index is 1.34. The summed E-state index contributed by atoms with van der Waals surface area (Å²) in [6.45, 7) is 12.7. The van der Waals surface area contributed by atoms with Gasteiger partial charge in [0.1, 0.15) is 0 Å². The summed E-state index contributed by atoms with van der Waals surface area (Å²) in [6, 6.07) is 50.4. The van der Waals surface area contributed by atoms with Crippen LogP contribution in [0.2, 0.25) is 0 Å². The maximum absolute atomic E-state index is 5.46. The van der Waals surface area contributed by atoms with E-state index >= 15 is 0 Å². The molecule has 0 spiro atoms. The predicted molar refractivity (Wildman–Crippen MR) is 247 cm³/mol. The smallest absolute Gasteiger partial charge is 0.0973 e. The van der Waals surface area contributed by atoms with E-state index in [1.54, 1.807) is 0 Å². The summed E-state index contributed by atoms with van der Waals surface area (Å²) in [7, 11) is 0. The number of nitrogens with zero attached hydrogens (tertiary/aromatic N) is 6. The van der Waals surface area contributed by atoms with Crippen LogP contribution in [0.3, 0.4) is 0 Å². The van der Waals surface area contributed by atoms with Crippen molar-refractivity contribution in [3.63, 3.8) is 0 Å². The van der Waals surface area contributed by atoms with Gasteiger partial charge in [0, 0.05) is 33.4 Å². The lowest BCUT2D eigenvalue weighted by molar-refractivity contribution is 1.25. The number of fused-ring (bicyclic) bond motifs is 3. The van der Waals surface area contributed by atoms with Crippen molar-refractivity contribution >= 4 is 33.1 Å². The Bertz CT molecular complexity index is 2940. The lowest BCUT2D eigenvalue weighted by Gasteiger charge is -2.17. The molecule has 0 saturated heterocycles. The molecule has 0 N–H and O–H groups in total. The molecule has 0 fully saturated rings. The first-order chi connectivity index (χ1) is 29.2. The molecule has 10 aromatic rings. The molecule has 0 aliphatic rings. The lowest BCUT2D eigenvalue weighted by atomic mass is 9.93. The molecule has 6 nitrogen and oxygen atoms in total. The highest BCUT2D eigenvalue weighted by Gasteiger charge is 2.22. The second-order valence-electron chi connectivity index (χ2n) is 15.9. The third-order valence-corrected chi connectivity index (χ3v) is 11.7. The Labute approximate surface area is 349 Å². The number of rotatable bonds is 6. The van der Waals surface area contributed by atoms with E-state index in [9.17, 15) is 0 Å². The average molecular weight is 775 g/mol. The third-order valence-electron chi connectivity index (χ3n) is 11.7. The summed E-state index contributed by atoms with van der Waals surface area (Å²) in [5.74, 6) is 0. The van der Waals surface area contributed by atoms with Crippen LogP contribution in [0, 0.1) is 41.5 Å². The first kappa shape index (κ1) is 36.9. The van der Waals surface area contributed by atoms with Crippen LogP contribution in [0.4, 0.5) is 0 Å². The molecule has 6 heteroatoms. The largest absolute Gasteiger partial charge is 0.244 e. The molecule has 288 valence electrons. The summed E-state index contributed by atoms with van der Waals surface area (Å²) in [6.07, 6.45) is 0. The number of hydrogen-bond acceptors (Lipinski definition) is 6. The molecule has 0 aliphatic heterocycles. The summed E-state index contributed by atoms with van der Waals surface area (Å²) in [5.41, 5.74) is 22.4. The van der Waals surface area contributed by atoms with Crippen LogP contribution in [0.1, 0.15) is 33.4 Å². The highest BCUT2D eigenvalue weighted by molar-refractivity contribution is 5.95. The molecule has 0 aliphatic carbocycles. The van der Waals surface area contributed by atoms with Gasteiger partial charge in [-0.15, -0.1) is 0 Å².